The number of rotatable bonds is 6. The maximum absolute atomic E-state index is 13.3. The highest BCUT2D eigenvalue weighted by Crippen LogP contribution is 2.26. The van der Waals surface area contributed by atoms with Crippen LogP contribution in [0.3, 0.4) is 0 Å². The fourth-order valence-corrected chi connectivity index (χ4v) is 4.74. The molecule has 2 aromatic carbocycles. The van der Waals surface area contributed by atoms with Gasteiger partial charge in [-0.05, 0) is 56.2 Å². The van der Waals surface area contributed by atoms with Crippen LogP contribution in [0.25, 0.3) is 0 Å². The van der Waals surface area contributed by atoms with E-state index in [1.807, 2.05) is 6.92 Å². The van der Waals surface area contributed by atoms with Gasteiger partial charge in [0.2, 0.25) is 15.9 Å². The third-order valence-electron chi connectivity index (χ3n) is 4.71. The Bertz CT molecular complexity index is 980. The molecule has 0 radical (unpaired) electrons. The second kappa shape index (κ2) is 8.87. The summed E-state index contributed by atoms with van der Waals surface area (Å²) >= 11 is 0. The first-order valence-electron chi connectivity index (χ1n) is 9.30. The van der Waals surface area contributed by atoms with Crippen LogP contribution in [0.1, 0.15) is 19.8 Å². The molecule has 0 unspecified atom stereocenters. The Morgan fingerprint density at radius 1 is 1.17 bits per heavy atom. The summed E-state index contributed by atoms with van der Waals surface area (Å²) in [6.07, 6.45) is 1.02. The predicted octanol–water partition coefficient (Wildman–Crippen LogP) is 3.40. The Labute approximate surface area is 168 Å². The molecular weight excluding hydrogens is 402 g/mol. The van der Waals surface area contributed by atoms with Crippen LogP contribution in [0.15, 0.2) is 47.4 Å². The molecule has 1 aliphatic rings. The Kier molecular flexibility index (Phi) is 6.49. The van der Waals surface area contributed by atoms with Crippen molar-refractivity contribution in [3.8, 4) is 5.75 Å². The lowest BCUT2D eigenvalue weighted by molar-refractivity contribution is -0.120. The number of nitrogens with one attached hydrogen (secondary N) is 1. The number of amides is 1. The maximum Gasteiger partial charge on any atom is 0.243 e. The van der Waals surface area contributed by atoms with E-state index >= 15 is 0 Å². The van der Waals surface area contributed by atoms with Crippen molar-refractivity contribution in [1.29, 1.82) is 0 Å². The second-order valence-electron chi connectivity index (χ2n) is 6.72. The van der Waals surface area contributed by atoms with Gasteiger partial charge in [-0.2, -0.15) is 4.31 Å². The molecular formula is C20H22F2N2O4S. The van der Waals surface area contributed by atoms with Gasteiger partial charge in [-0.3, -0.25) is 4.79 Å². The van der Waals surface area contributed by atoms with E-state index in [-0.39, 0.29) is 17.1 Å². The maximum atomic E-state index is 13.3. The van der Waals surface area contributed by atoms with Gasteiger partial charge in [-0.1, -0.05) is 0 Å². The number of hydrogen-bond donors (Lipinski definition) is 1. The van der Waals surface area contributed by atoms with Crippen LogP contribution < -0.4 is 10.1 Å². The normalized spacial score (nSPS) is 17.7. The zero-order valence-electron chi connectivity index (χ0n) is 15.9. The Balaban J connectivity index is 1.70. The summed E-state index contributed by atoms with van der Waals surface area (Å²) < 4.78 is 58.8. The number of ether oxygens (including phenoxy) is 1. The van der Waals surface area contributed by atoms with Gasteiger partial charge >= 0.3 is 0 Å². The van der Waals surface area contributed by atoms with Crippen LogP contribution in [-0.4, -0.2) is 38.3 Å². The second-order valence-corrected chi connectivity index (χ2v) is 8.66. The summed E-state index contributed by atoms with van der Waals surface area (Å²) in [4.78, 5) is 12.7. The molecule has 2 aromatic rings. The van der Waals surface area contributed by atoms with Gasteiger partial charge in [0.05, 0.1) is 17.4 Å². The minimum absolute atomic E-state index is 0.0189. The van der Waals surface area contributed by atoms with Gasteiger partial charge in [0.1, 0.15) is 5.75 Å². The van der Waals surface area contributed by atoms with Crippen LogP contribution in [0.2, 0.25) is 0 Å². The van der Waals surface area contributed by atoms with Crippen molar-refractivity contribution in [2.45, 2.75) is 24.7 Å². The largest absolute Gasteiger partial charge is 0.494 e. The van der Waals surface area contributed by atoms with Crippen LogP contribution in [0, 0.1) is 17.6 Å². The zero-order valence-corrected chi connectivity index (χ0v) is 16.7. The van der Waals surface area contributed by atoms with E-state index in [2.05, 4.69) is 5.32 Å². The first-order chi connectivity index (χ1) is 13.8. The van der Waals surface area contributed by atoms with Gasteiger partial charge in [0.15, 0.2) is 11.6 Å². The van der Waals surface area contributed by atoms with Crippen molar-refractivity contribution in [3.63, 3.8) is 0 Å². The quantitative estimate of drug-likeness (QED) is 0.771. The van der Waals surface area contributed by atoms with Gasteiger partial charge in [-0.25, -0.2) is 17.2 Å². The van der Waals surface area contributed by atoms with E-state index < -0.39 is 33.5 Å². The molecule has 156 valence electrons. The highest BCUT2D eigenvalue weighted by atomic mass is 32.2. The van der Waals surface area contributed by atoms with Gasteiger partial charge < -0.3 is 10.1 Å². The highest BCUT2D eigenvalue weighted by molar-refractivity contribution is 7.89. The summed E-state index contributed by atoms with van der Waals surface area (Å²) in [5, 5.41) is 2.53. The molecule has 0 aromatic heterocycles. The molecule has 1 saturated heterocycles. The average molecular weight is 424 g/mol. The van der Waals surface area contributed by atoms with Crippen LogP contribution in [0.5, 0.6) is 5.75 Å². The van der Waals surface area contributed by atoms with Crippen LogP contribution >= 0.6 is 0 Å². The van der Waals surface area contributed by atoms with E-state index in [1.54, 1.807) is 12.1 Å². The number of carbonyl (C=O) groups is 1. The lowest BCUT2D eigenvalue weighted by atomic mass is 9.98. The minimum atomic E-state index is -3.76. The van der Waals surface area contributed by atoms with Crippen molar-refractivity contribution in [3.05, 3.63) is 54.1 Å². The van der Waals surface area contributed by atoms with E-state index in [0.717, 1.165) is 12.1 Å². The number of anilines is 1. The minimum Gasteiger partial charge on any atom is -0.494 e. The SMILES string of the molecule is CCOc1ccc(S(=O)(=O)N2CCC[C@H](C(=O)Nc3ccc(F)c(F)c3)C2)cc1. The first-order valence-corrected chi connectivity index (χ1v) is 10.7. The van der Waals surface area contributed by atoms with E-state index in [9.17, 15) is 22.0 Å². The third-order valence-corrected chi connectivity index (χ3v) is 6.59. The monoisotopic (exact) mass is 424 g/mol. The van der Waals surface area contributed by atoms with Crippen molar-refractivity contribution < 1.29 is 26.7 Å². The fourth-order valence-electron chi connectivity index (χ4n) is 3.22. The number of carbonyl (C=O) groups excluding carboxylic acids is 1. The molecule has 1 N–H and O–H groups in total. The number of sulfonamides is 1. The lowest BCUT2D eigenvalue weighted by Gasteiger charge is -2.31. The smallest absolute Gasteiger partial charge is 0.243 e. The van der Waals surface area contributed by atoms with Gasteiger partial charge in [0.25, 0.3) is 0 Å². The fraction of sp³-hybridized carbons (Fsp3) is 0.350. The lowest BCUT2D eigenvalue weighted by Crippen LogP contribution is -2.43. The molecule has 0 bridgehead atoms. The third kappa shape index (κ3) is 4.91. The Morgan fingerprint density at radius 3 is 2.55 bits per heavy atom. The standard InChI is InChI=1S/C20H22F2N2O4S/c1-2-28-16-6-8-17(9-7-16)29(26,27)24-11-3-4-14(13-24)20(25)23-15-5-10-18(21)19(22)12-15/h5-10,12,14H,2-4,11,13H2,1H3,(H,23,25)/t14-/m0/s1. The Morgan fingerprint density at radius 2 is 1.90 bits per heavy atom. The molecule has 0 saturated carbocycles. The summed E-state index contributed by atoms with van der Waals surface area (Å²) in [7, 11) is -3.76. The molecule has 1 amide bonds. The molecule has 1 atom stereocenters. The van der Waals surface area contributed by atoms with Crippen molar-refractivity contribution >= 4 is 21.6 Å². The zero-order chi connectivity index (χ0) is 21.0. The van der Waals surface area contributed by atoms with E-state index in [4.69, 9.17) is 4.74 Å². The van der Waals surface area contributed by atoms with Crippen molar-refractivity contribution in [2.75, 3.05) is 25.0 Å². The number of benzene rings is 2. The average Bonchev–Trinajstić information content (AvgIpc) is 2.71. The number of hydrogen-bond acceptors (Lipinski definition) is 4. The molecule has 3 rings (SSSR count). The molecule has 1 fully saturated rings. The van der Waals surface area contributed by atoms with Crippen molar-refractivity contribution in [1.82, 2.24) is 4.31 Å². The number of piperidine rings is 1. The first kappa shape index (κ1) is 21.2. The summed E-state index contributed by atoms with van der Waals surface area (Å²) in [6, 6.07) is 9.21. The topological polar surface area (TPSA) is 75.7 Å². The van der Waals surface area contributed by atoms with E-state index in [0.29, 0.717) is 31.7 Å². The molecule has 0 aliphatic carbocycles. The molecule has 0 spiro atoms. The van der Waals surface area contributed by atoms with Gasteiger partial charge in [-0.15, -0.1) is 0 Å². The molecule has 29 heavy (non-hydrogen) atoms. The predicted molar refractivity (Wildman–Crippen MR) is 104 cm³/mol. The molecule has 1 aliphatic heterocycles. The van der Waals surface area contributed by atoms with Crippen LogP contribution in [-0.2, 0) is 14.8 Å². The molecule has 9 heteroatoms. The number of nitrogens with zero attached hydrogens (tertiary/aromatic N) is 1. The summed E-state index contributed by atoms with van der Waals surface area (Å²) in [5.74, 6) is -2.51. The molecule has 6 nitrogen and oxygen atoms in total. The summed E-state index contributed by atoms with van der Waals surface area (Å²) in [5.41, 5.74) is 0.125. The Hall–Kier alpha value is -2.52. The van der Waals surface area contributed by atoms with E-state index in [1.165, 1.54) is 22.5 Å². The molecule has 1 heterocycles. The summed E-state index contributed by atoms with van der Waals surface area (Å²) in [6.45, 7) is 2.65. The van der Waals surface area contributed by atoms with Gasteiger partial charge in [0, 0.05) is 24.8 Å². The van der Waals surface area contributed by atoms with Crippen molar-refractivity contribution in [2.24, 2.45) is 5.92 Å². The number of halogens is 2. The van der Waals surface area contributed by atoms with Crippen LogP contribution in [0.4, 0.5) is 14.5 Å². The highest BCUT2D eigenvalue weighted by Gasteiger charge is 2.33.